The first kappa shape index (κ1) is 12.3. The molecule has 94 valence electrons. The van der Waals surface area contributed by atoms with Crippen LogP contribution in [0.2, 0.25) is 0 Å². The fraction of sp³-hybridized carbons (Fsp3) is 0.538. The lowest BCUT2D eigenvalue weighted by Crippen LogP contribution is -2.22. The van der Waals surface area contributed by atoms with Crippen LogP contribution in [0.1, 0.15) is 18.4 Å². The van der Waals surface area contributed by atoms with E-state index in [2.05, 4.69) is 4.90 Å². The zero-order valence-electron chi connectivity index (χ0n) is 9.90. The highest BCUT2D eigenvalue weighted by molar-refractivity contribution is 5.55. The van der Waals surface area contributed by atoms with E-state index in [0.717, 1.165) is 31.6 Å². The van der Waals surface area contributed by atoms with Crippen LogP contribution >= 0.6 is 0 Å². The summed E-state index contributed by atoms with van der Waals surface area (Å²) in [6.07, 6.45) is 1.88. The Bertz CT molecular complexity index is 384. The predicted molar refractivity (Wildman–Crippen MR) is 66.3 cm³/mol. The van der Waals surface area contributed by atoms with Crippen LogP contribution in [0.4, 0.5) is 10.1 Å². The second kappa shape index (κ2) is 5.47. The summed E-state index contributed by atoms with van der Waals surface area (Å²) < 4.78 is 13.6. The molecule has 0 amide bonds. The van der Waals surface area contributed by atoms with E-state index in [1.165, 1.54) is 6.07 Å². The first-order valence-electron chi connectivity index (χ1n) is 6.09. The first-order valence-corrected chi connectivity index (χ1v) is 6.09. The second-order valence-corrected chi connectivity index (χ2v) is 4.55. The highest BCUT2D eigenvalue weighted by atomic mass is 19.1. The van der Waals surface area contributed by atoms with E-state index in [4.69, 9.17) is 10.8 Å². The highest BCUT2D eigenvalue weighted by Crippen LogP contribution is 2.29. The van der Waals surface area contributed by atoms with Gasteiger partial charge < -0.3 is 15.7 Å². The van der Waals surface area contributed by atoms with Crippen molar-refractivity contribution >= 4 is 5.69 Å². The maximum Gasteiger partial charge on any atom is 0.129 e. The Hall–Kier alpha value is -1.13. The van der Waals surface area contributed by atoms with Gasteiger partial charge in [-0.3, -0.25) is 0 Å². The van der Waals surface area contributed by atoms with E-state index in [9.17, 15) is 4.39 Å². The predicted octanol–water partition coefficient (Wildman–Crippen LogP) is 1.49. The fourth-order valence-corrected chi connectivity index (χ4v) is 2.52. The largest absolute Gasteiger partial charge is 0.396 e. The van der Waals surface area contributed by atoms with Gasteiger partial charge in [0.1, 0.15) is 5.82 Å². The molecule has 3 nitrogen and oxygen atoms in total. The SMILES string of the molecule is NCc1c(F)cccc1N1CCC(CCO)C1. The molecule has 0 saturated carbocycles. The average Bonchev–Trinajstić information content (AvgIpc) is 2.78. The molecule has 1 saturated heterocycles. The minimum atomic E-state index is -0.226. The van der Waals surface area contributed by atoms with Gasteiger partial charge in [0, 0.05) is 37.5 Å². The normalized spacial score (nSPS) is 19.9. The molecule has 1 fully saturated rings. The molecule has 1 aliphatic heterocycles. The van der Waals surface area contributed by atoms with Gasteiger partial charge in [-0.05, 0) is 30.9 Å². The van der Waals surface area contributed by atoms with Crippen molar-refractivity contribution in [2.24, 2.45) is 11.7 Å². The Morgan fingerprint density at radius 2 is 2.29 bits per heavy atom. The van der Waals surface area contributed by atoms with Crippen LogP contribution in [0, 0.1) is 11.7 Å². The number of nitrogens with zero attached hydrogens (tertiary/aromatic N) is 1. The molecule has 1 aromatic carbocycles. The molecule has 0 bridgehead atoms. The number of aliphatic hydroxyl groups is 1. The number of hydrogen-bond acceptors (Lipinski definition) is 3. The van der Waals surface area contributed by atoms with Crippen molar-refractivity contribution in [3.05, 3.63) is 29.6 Å². The van der Waals surface area contributed by atoms with Gasteiger partial charge in [0.05, 0.1) is 0 Å². The molecule has 1 unspecified atom stereocenters. The number of rotatable bonds is 4. The number of benzene rings is 1. The summed E-state index contributed by atoms with van der Waals surface area (Å²) in [5, 5.41) is 8.93. The summed E-state index contributed by atoms with van der Waals surface area (Å²) in [6.45, 7) is 2.26. The van der Waals surface area contributed by atoms with Crippen molar-refractivity contribution in [3.63, 3.8) is 0 Å². The van der Waals surface area contributed by atoms with E-state index in [-0.39, 0.29) is 19.0 Å². The van der Waals surface area contributed by atoms with Crippen LogP contribution < -0.4 is 10.6 Å². The first-order chi connectivity index (χ1) is 8.26. The number of halogens is 1. The summed E-state index contributed by atoms with van der Waals surface area (Å²) in [6, 6.07) is 5.10. The van der Waals surface area contributed by atoms with Crippen molar-refractivity contribution in [1.82, 2.24) is 0 Å². The molecule has 0 aromatic heterocycles. The van der Waals surface area contributed by atoms with Gasteiger partial charge in [-0.2, -0.15) is 0 Å². The van der Waals surface area contributed by atoms with E-state index in [0.29, 0.717) is 11.5 Å². The topological polar surface area (TPSA) is 49.5 Å². The lowest BCUT2D eigenvalue weighted by Gasteiger charge is -2.22. The number of hydrogen-bond donors (Lipinski definition) is 2. The maximum atomic E-state index is 13.6. The summed E-state index contributed by atoms with van der Waals surface area (Å²) in [5.41, 5.74) is 7.11. The van der Waals surface area contributed by atoms with Crippen LogP contribution in [0.25, 0.3) is 0 Å². The fourth-order valence-electron chi connectivity index (χ4n) is 2.52. The van der Waals surface area contributed by atoms with Gasteiger partial charge in [-0.15, -0.1) is 0 Å². The van der Waals surface area contributed by atoms with Crippen LogP contribution in [0.3, 0.4) is 0 Å². The van der Waals surface area contributed by atoms with Crippen molar-refractivity contribution in [2.75, 3.05) is 24.6 Å². The zero-order valence-corrected chi connectivity index (χ0v) is 9.90. The Morgan fingerprint density at radius 1 is 1.47 bits per heavy atom. The van der Waals surface area contributed by atoms with Crippen LogP contribution in [-0.4, -0.2) is 24.8 Å². The van der Waals surface area contributed by atoms with Gasteiger partial charge in [0.15, 0.2) is 0 Å². The molecule has 1 aromatic rings. The molecule has 0 aliphatic carbocycles. The third-order valence-electron chi connectivity index (χ3n) is 3.46. The molecule has 4 heteroatoms. The zero-order chi connectivity index (χ0) is 12.3. The summed E-state index contributed by atoms with van der Waals surface area (Å²) in [7, 11) is 0. The number of anilines is 1. The van der Waals surface area contributed by atoms with Crippen molar-refractivity contribution < 1.29 is 9.50 Å². The average molecular weight is 238 g/mol. The van der Waals surface area contributed by atoms with Crippen LogP contribution in [-0.2, 0) is 6.54 Å². The van der Waals surface area contributed by atoms with E-state index in [1.54, 1.807) is 6.07 Å². The van der Waals surface area contributed by atoms with E-state index >= 15 is 0 Å². The maximum absolute atomic E-state index is 13.6. The number of nitrogens with two attached hydrogens (primary N) is 1. The van der Waals surface area contributed by atoms with Crippen molar-refractivity contribution in [2.45, 2.75) is 19.4 Å². The van der Waals surface area contributed by atoms with E-state index < -0.39 is 0 Å². The van der Waals surface area contributed by atoms with Gasteiger partial charge >= 0.3 is 0 Å². The monoisotopic (exact) mass is 238 g/mol. The lowest BCUT2D eigenvalue weighted by molar-refractivity contribution is 0.263. The molecule has 17 heavy (non-hydrogen) atoms. The minimum Gasteiger partial charge on any atom is -0.396 e. The molecule has 0 radical (unpaired) electrons. The Morgan fingerprint density at radius 3 is 3.00 bits per heavy atom. The summed E-state index contributed by atoms with van der Waals surface area (Å²) in [4.78, 5) is 2.17. The molecule has 1 atom stereocenters. The minimum absolute atomic E-state index is 0.225. The van der Waals surface area contributed by atoms with Crippen LogP contribution in [0.15, 0.2) is 18.2 Å². The molecule has 1 heterocycles. The van der Waals surface area contributed by atoms with Gasteiger partial charge in [-0.1, -0.05) is 6.07 Å². The third-order valence-corrected chi connectivity index (χ3v) is 3.46. The summed E-state index contributed by atoms with van der Waals surface area (Å²) >= 11 is 0. The van der Waals surface area contributed by atoms with Crippen molar-refractivity contribution in [1.29, 1.82) is 0 Å². The molecule has 0 spiro atoms. The quantitative estimate of drug-likeness (QED) is 0.835. The Balaban J connectivity index is 2.15. The van der Waals surface area contributed by atoms with Crippen LogP contribution in [0.5, 0.6) is 0 Å². The highest BCUT2D eigenvalue weighted by Gasteiger charge is 2.24. The third kappa shape index (κ3) is 2.58. The molecule has 2 rings (SSSR count). The second-order valence-electron chi connectivity index (χ2n) is 4.55. The van der Waals surface area contributed by atoms with Crippen molar-refractivity contribution in [3.8, 4) is 0 Å². The lowest BCUT2D eigenvalue weighted by atomic mass is 10.1. The summed E-state index contributed by atoms with van der Waals surface area (Å²) in [5.74, 6) is 0.282. The van der Waals surface area contributed by atoms with Gasteiger partial charge in [-0.25, -0.2) is 4.39 Å². The molecule has 3 N–H and O–H groups in total. The van der Waals surface area contributed by atoms with E-state index in [1.807, 2.05) is 6.07 Å². The van der Waals surface area contributed by atoms with Gasteiger partial charge in [0.2, 0.25) is 0 Å². The number of aliphatic hydroxyl groups excluding tert-OH is 1. The Labute approximate surface area is 101 Å². The molecular weight excluding hydrogens is 219 g/mol. The molecular formula is C13H19FN2O. The standard InChI is InChI=1S/C13H19FN2O/c14-12-2-1-3-13(11(12)8-15)16-6-4-10(9-16)5-7-17/h1-3,10,17H,4-9,15H2. The molecule has 1 aliphatic rings. The van der Waals surface area contributed by atoms with Gasteiger partial charge in [0.25, 0.3) is 0 Å². The smallest absolute Gasteiger partial charge is 0.129 e. The Kier molecular flexibility index (Phi) is 3.97.